The Bertz CT molecular complexity index is 981. The Hall–Kier alpha value is -3.45. The quantitative estimate of drug-likeness (QED) is 0.492. The fraction of sp³-hybridized carbons (Fsp3) is 0.292. The predicted octanol–water partition coefficient (Wildman–Crippen LogP) is 3.16. The number of benzene rings is 2. The number of ketones is 1. The van der Waals surface area contributed by atoms with Gasteiger partial charge >= 0.3 is 5.97 Å². The number of aryl methyl sites for hydroxylation is 1. The first-order chi connectivity index (χ1) is 14.9. The largest absolute Gasteiger partial charge is 0.503 e. The zero-order valence-electron chi connectivity index (χ0n) is 17.5. The van der Waals surface area contributed by atoms with E-state index in [4.69, 9.17) is 9.47 Å². The topological polar surface area (TPSA) is 93.1 Å². The van der Waals surface area contributed by atoms with E-state index < -0.39 is 23.7 Å². The number of carbonyl (C=O) groups excluding carboxylic acids is 3. The van der Waals surface area contributed by atoms with Crippen LogP contribution in [0.5, 0.6) is 5.75 Å². The Labute approximate surface area is 180 Å². The molecule has 1 unspecified atom stereocenters. The Balaban J connectivity index is 1.89. The minimum Gasteiger partial charge on any atom is -0.503 e. The zero-order valence-corrected chi connectivity index (χ0v) is 17.5. The first-order valence-electron chi connectivity index (χ1n) is 10.0. The molecule has 1 atom stereocenters. The van der Waals surface area contributed by atoms with Crippen LogP contribution in [0, 0.1) is 0 Å². The molecule has 7 nitrogen and oxygen atoms in total. The van der Waals surface area contributed by atoms with Crippen LogP contribution >= 0.6 is 0 Å². The van der Waals surface area contributed by atoms with Gasteiger partial charge in [0.25, 0.3) is 5.91 Å². The second-order valence-electron chi connectivity index (χ2n) is 7.23. The van der Waals surface area contributed by atoms with E-state index in [1.807, 2.05) is 30.3 Å². The van der Waals surface area contributed by atoms with E-state index in [-0.39, 0.29) is 30.9 Å². The molecule has 7 heteroatoms. The van der Waals surface area contributed by atoms with E-state index in [1.165, 1.54) is 18.9 Å². The van der Waals surface area contributed by atoms with Crippen molar-refractivity contribution in [3.63, 3.8) is 0 Å². The van der Waals surface area contributed by atoms with E-state index in [0.717, 1.165) is 5.56 Å². The van der Waals surface area contributed by atoms with Crippen LogP contribution in [0.4, 0.5) is 0 Å². The molecule has 1 amide bonds. The highest BCUT2D eigenvalue weighted by molar-refractivity contribution is 6.09. The van der Waals surface area contributed by atoms with Crippen LogP contribution in [-0.2, 0) is 25.5 Å². The number of carbonyl (C=O) groups is 3. The number of ether oxygens (including phenoxy) is 2. The van der Waals surface area contributed by atoms with Crippen molar-refractivity contribution in [1.29, 1.82) is 0 Å². The van der Waals surface area contributed by atoms with Crippen molar-refractivity contribution in [3.05, 3.63) is 77.1 Å². The summed E-state index contributed by atoms with van der Waals surface area (Å²) < 4.78 is 10.2. The summed E-state index contributed by atoms with van der Waals surface area (Å²) in [6.07, 6.45) is 0.664. The first-order valence-corrected chi connectivity index (χ1v) is 10.0. The number of nitrogens with zero attached hydrogens (tertiary/aromatic N) is 1. The maximum Gasteiger partial charge on any atom is 0.308 e. The molecule has 0 saturated carbocycles. The van der Waals surface area contributed by atoms with Crippen molar-refractivity contribution in [2.75, 3.05) is 20.3 Å². The van der Waals surface area contributed by atoms with E-state index >= 15 is 0 Å². The third-order valence-corrected chi connectivity index (χ3v) is 5.08. The zero-order chi connectivity index (χ0) is 22.4. The number of aliphatic hydroxyl groups excluding tert-OH is 1. The van der Waals surface area contributed by atoms with E-state index in [2.05, 4.69) is 0 Å². The number of rotatable bonds is 9. The third kappa shape index (κ3) is 5.19. The highest BCUT2D eigenvalue weighted by Crippen LogP contribution is 2.38. The number of hydrogen-bond acceptors (Lipinski definition) is 6. The fourth-order valence-electron chi connectivity index (χ4n) is 3.63. The predicted molar refractivity (Wildman–Crippen MR) is 114 cm³/mol. The smallest absolute Gasteiger partial charge is 0.308 e. The molecule has 162 valence electrons. The van der Waals surface area contributed by atoms with Gasteiger partial charge in [0.2, 0.25) is 0 Å². The molecule has 3 rings (SSSR count). The highest BCUT2D eigenvalue weighted by Gasteiger charge is 2.42. The summed E-state index contributed by atoms with van der Waals surface area (Å²) in [4.78, 5) is 38.4. The standard InChI is InChI=1S/C24H25NO6/c1-16(26)31-19-11-9-18(10-12-19)22-21(23(28)24(29)25(22)14-15-30-2)20(27)13-8-17-6-4-3-5-7-17/h3-7,9-12,22,28H,8,13-15H2,1-2H3. The molecule has 0 radical (unpaired) electrons. The average molecular weight is 423 g/mol. The van der Waals surface area contributed by atoms with Gasteiger partial charge in [0.1, 0.15) is 5.75 Å². The van der Waals surface area contributed by atoms with Gasteiger partial charge < -0.3 is 19.5 Å². The lowest BCUT2D eigenvalue weighted by molar-refractivity contribution is -0.132. The molecule has 1 aliphatic heterocycles. The van der Waals surface area contributed by atoms with Gasteiger partial charge in [0.15, 0.2) is 11.5 Å². The Kier molecular flexibility index (Phi) is 7.20. The van der Waals surface area contributed by atoms with E-state index in [0.29, 0.717) is 17.7 Å². The van der Waals surface area contributed by atoms with Crippen LogP contribution in [0.3, 0.4) is 0 Å². The molecule has 0 aromatic heterocycles. The summed E-state index contributed by atoms with van der Waals surface area (Å²) >= 11 is 0. The summed E-state index contributed by atoms with van der Waals surface area (Å²) in [7, 11) is 1.52. The molecule has 0 spiro atoms. The monoisotopic (exact) mass is 423 g/mol. The Morgan fingerprint density at radius 3 is 2.35 bits per heavy atom. The third-order valence-electron chi connectivity index (χ3n) is 5.08. The van der Waals surface area contributed by atoms with Crippen LogP contribution < -0.4 is 4.74 Å². The average Bonchev–Trinajstić information content (AvgIpc) is 3.01. The van der Waals surface area contributed by atoms with Gasteiger partial charge in [-0.25, -0.2) is 0 Å². The minimum atomic E-state index is -0.739. The lowest BCUT2D eigenvalue weighted by atomic mass is 9.93. The Morgan fingerprint density at radius 2 is 1.74 bits per heavy atom. The van der Waals surface area contributed by atoms with Crippen molar-refractivity contribution in [1.82, 2.24) is 4.90 Å². The molecular formula is C24H25NO6. The maximum absolute atomic E-state index is 13.1. The van der Waals surface area contributed by atoms with Gasteiger partial charge in [0.05, 0.1) is 18.2 Å². The van der Waals surface area contributed by atoms with Crippen LogP contribution in [-0.4, -0.2) is 47.9 Å². The van der Waals surface area contributed by atoms with Crippen molar-refractivity contribution in [2.45, 2.75) is 25.8 Å². The molecule has 0 bridgehead atoms. The number of hydrogen-bond donors (Lipinski definition) is 1. The number of Topliss-reactive ketones (excluding diaryl/α,β-unsaturated/α-hetero) is 1. The van der Waals surface area contributed by atoms with Crippen LogP contribution in [0.25, 0.3) is 0 Å². The number of methoxy groups -OCH3 is 1. The molecule has 31 heavy (non-hydrogen) atoms. The first kappa shape index (κ1) is 22.2. The Morgan fingerprint density at radius 1 is 1.06 bits per heavy atom. The second-order valence-corrected chi connectivity index (χ2v) is 7.23. The molecule has 2 aromatic rings. The summed E-state index contributed by atoms with van der Waals surface area (Å²) in [6.45, 7) is 1.78. The summed E-state index contributed by atoms with van der Waals surface area (Å²) in [6, 6.07) is 15.4. The van der Waals surface area contributed by atoms with Crippen LogP contribution in [0.2, 0.25) is 0 Å². The van der Waals surface area contributed by atoms with Gasteiger partial charge in [-0.15, -0.1) is 0 Å². The normalized spacial score (nSPS) is 16.0. The van der Waals surface area contributed by atoms with Gasteiger partial charge in [-0.05, 0) is 29.7 Å². The molecule has 1 N–H and O–H groups in total. The fourth-order valence-corrected chi connectivity index (χ4v) is 3.63. The van der Waals surface area contributed by atoms with Crippen molar-refractivity contribution >= 4 is 17.7 Å². The molecule has 0 aliphatic carbocycles. The number of amides is 1. The molecule has 1 heterocycles. The number of esters is 1. The van der Waals surface area contributed by atoms with Crippen LogP contribution in [0.15, 0.2) is 65.9 Å². The van der Waals surface area contributed by atoms with Gasteiger partial charge in [0, 0.05) is 27.0 Å². The van der Waals surface area contributed by atoms with Crippen molar-refractivity contribution in [3.8, 4) is 5.75 Å². The SMILES string of the molecule is COCCN1C(=O)C(O)=C(C(=O)CCc2ccccc2)C1c1ccc(OC(C)=O)cc1. The summed E-state index contributed by atoms with van der Waals surface area (Å²) in [5.74, 6) is -1.50. The lowest BCUT2D eigenvalue weighted by Crippen LogP contribution is -2.34. The van der Waals surface area contributed by atoms with E-state index in [9.17, 15) is 19.5 Å². The van der Waals surface area contributed by atoms with Gasteiger partial charge in [-0.1, -0.05) is 42.5 Å². The number of aliphatic hydroxyl groups is 1. The van der Waals surface area contributed by atoms with Crippen LogP contribution in [0.1, 0.15) is 30.5 Å². The second kappa shape index (κ2) is 10.0. The van der Waals surface area contributed by atoms with Gasteiger partial charge in [-0.2, -0.15) is 0 Å². The lowest BCUT2D eigenvalue weighted by Gasteiger charge is -2.26. The summed E-state index contributed by atoms with van der Waals surface area (Å²) in [5.41, 5.74) is 1.71. The van der Waals surface area contributed by atoms with E-state index in [1.54, 1.807) is 24.3 Å². The molecule has 1 aliphatic rings. The molecule has 0 fully saturated rings. The highest BCUT2D eigenvalue weighted by atomic mass is 16.5. The maximum atomic E-state index is 13.1. The van der Waals surface area contributed by atoms with Gasteiger partial charge in [-0.3, -0.25) is 14.4 Å². The molecule has 0 saturated heterocycles. The van der Waals surface area contributed by atoms with Crippen molar-refractivity contribution in [2.24, 2.45) is 0 Å². The van der Waals surface area contributed by atoms with Crippen molar-refractivity contribution < 1.29 is 29.0 Å². The molecular weight excluding hydrogens is 398 g/mol. The molecule has 2 aromatic carbocycles. The summed E-state index contributed by atoms with van der Waals surface area (Å²) in [5, 5.41) is 10.6. The minimum absolute atomic E-state index is 0.0808.